The van der Waals surface area contributed by atoms with Gasteiger partial charge in [-0.25, -0.2) is 0 Å². The lowest BCUT2D eigenvalue weighted by Crippen LogP contribution is -2.30. The van der Waals surface area contributed by atoms with Crippen molar-refractivity contribution in [1.29, 1.82) is 0 Å². The van der Waals surface area contributed by atoms with Crippen molar-refractivity contribution >= 4 is 5.69 Å². The number of anilines is 1. The Bertz CT molecular complexity index is 309. The maximum absolute atomic E-state index is 5.79. The first kappa shape index (κ1) is 9.53. The zero-order chi connectivity index (χ0) is 9.97. The average molecular weight is 190 g/mol. The van der Waals surface area contributed by atoms with Crippen molar-refractivity contribution in [3.63, 3.8) is 0 Å². The summed E-state index contributed by atoms with van der Waals surface area (Å²) in [6.07, 6.45) is 2.60. The molecule has 1 unspecified atom stereocenters. The molecule has 1 aliphatic heterocycles. The second kappa shape index (κ2) is 4.01. The van der Waals surface area contributed by atoms with Gasteiger partial charge in [0, 0.05) is 12.2 Å². The van der Waals surface area contributed by atoms with E-state index >= 15 is 0 Å². The maximum atomic E-state index is 5.79. The van der Waals surface area contributed by atoms with Gasteiger partial charge in [0.05, 0.1) is 0 Å². The molecule has 1 aliphatic rings. The molecule has 1 fully saturated rings. The lowest BCUT2D eigenvalue weighted by atomic mass is 9.91. The predicted molar refractivity (Wildman–Crippen MR) is 60.3 cm³/mol. The highest BCUT2D eigenvalue weighted by molar-refractivity contribution is 5.42. The van der Waals surface area contributed by atoms with Crippen LogP contribution in [0.5, 0.6) is 0 Å². The number of hydrogen-bond acceptors (Lipinski definition) is 2. The molecular formula is C12H18N2. The highest BCUT2D eigenvalue weighted by atomic mass is 15.1. The molecule has 0 spiro atoms. The van der Waals surface area contributed by atoms with Gasteiger partial charge >= 0.3 is 0 Å². The van der Waals surface area contributed by atoms with E-state index in [9.17, 15) is 0 Å². The molecule has 0 radical (unpaired) electrons. The highest BCUT2D eigenvalue weighted by Gasteiger charge is 2.18. The summed E-state index contributed by atoms with van der Waals surface area (Å²) in [6, 6.07) is 8.32. The fraction of sp³-hybridized carbons (Fsp3) is 0.500. The number of benzene rings is 1. The normalized spacial score (nSPS) is 23.6. The number of hydrogen-bond donors (Lipinski definition) is 1. The van der Waals surface area contributed by atoms with Crippen molar-refractivity contribution in [3.05, 3.63) is 29.8 Å². The minimum atomic E-state index is 0.678. The van der Waals surface area contributed by atoms with Crippen molar-refractivity contribution in [2.75, 3.05) is 25.9 Å². The second-order valence-electron chi connectivity index (χ2n) is 4.27. The molecule has 76 valence electrons. The summed E-state index contributed by atoms with van der Waals surface area (Å²) in [6.45, 7) is 2.41. The van der Waals surface area contributed by atoms with Gasteiger partial charge in [-0.1, -0.05) is 12.1 Å². The topological polar surface area (TPSA) is 29.3 Å². The van der Waals surface area contributed by atoms with E-state index in [2.05, 4.69) is 30.1 Å². The van der Waals surface area contributed by atoms with E-state index in [-0.39, 0.29) is 0 Å². The summed E-state index contributed by atoms with van der Waals surface area (Å²) < 4.78 is 0. The Morgan fingerprint density at radius 3 is 3.00 bits per heavy atom. The number of likely N-dealkylation sites (N-methyl/N-ethyl adjacent to an activating group) is 1. The van der Waals surface area contributed by atoms with Crippen molar-refractivity contribution in [3.8, 4) is 0 Å². The number of nitrogens with two attached hydrogens (primary N) is 1. The monoisotopic (exact) mass is 190 g/mol. The first-order chi connectivity index (χ1) is 6.75. The molecular weight excluding hydrogens is 172 g/mol. The Morgan fingerprint density at radius 2 is 2.29 bits per heavy atom. The minimum Gasteiger partial charge on any atom is -0.399 e. The van der Waals surface area contributed by atoms with Crippen molar-refractivity contribution in [1.82, 2.24) is 4.90 Å². The fourth-order valence-electron chi connectivity index (χ4n) is 2.25. The van der Waals surface area contributed by atoms with Gasteiger partial charge in [-0.3, -0.25) is 0 Å². The minimum absolute atomic E-state index is 0.678. The molecule has 1 aromatic rings. The van der Waals surface area contributed by atoms with Gasteiger partial charge < -0.3 is 10.6 Å². The summed E-state index contributed by atoms with van der Waals surface area (Å²) >= 11 is 0. The van der Waals surface area contributed by atoms with Gasteiger partial charge in [0.15, 0.2) is 0 Å². The lowest BCUT2D eigenvalue weighted by molar-refractivity contribution is 0.251. The van der Waals surface area contributed by atoms with Crippen LogP contribution < -0.4 is 5.73 Å². The molecule has 0 bridgehead atoms. The van der Waals surface area contributed by atoms with Gasteiger partial charge in [-0.2, -0.15) is 0 Å². The average Bonchev–Trinajstić information content (AvgIpc) is 2.18. The molecule has 0 aromatic heterocycles. The number of piperidine rings is 1. The Kier molecular flexibility index (Phi) is 2.73. The zero-order valence-corrected chi connectivity index (χ0v) is 8.74. The molecule has 1 heterocycles. The summed E-state index contributed by atoms with van der Waals surface area (Å²) in [5.74, 6) is 0.678. The number of rotatable bonds is 1. The third-order valence-electron chi connectivity index (χ3n) is 3.01. The first-order valence-electron chi connectivity index (χ1n) is 5.29. The number of nitrogens with zero attached hydrogens (tertiary/aromatic N) is 1. The summed E-state index contributed by atoms with van der Waals surface area (Å²) in [4.78, 5) is 2.40. The molecule has 2 nitrogen and oxygen atoms in total. The Hall–Kier alpha value is -1.02. The predicted octanol–water partition coefficient (Wildman–Crippen LogP) is 2.08. The third-order valence-corrected chi connectivity index (χ3v) is 3.01. The van der Waals surface area contributed by atoms with E-state index in [1.165, 1.54) is 31.5 Å². The molecule has 14 heavy (non-hydrogen) atoms. The molecule has 1 aromatic carbocycles. The Morgan fingerprint density at radius 1 is 1.43 bits per heavy atom. The molecule has 2 N–H and O–H groups in total. The van der Waals surface area contributed by atoms with Crippen LogP contribution in [-0.2, 0) is 0 Å². The quantitative estimate of drug-likeness (QED) is 0.687. The van der Waals surface area contributed by atoms with Crippen LogP contribution in [-0.4, -0.2) is 25.0 Å². The Balaban J connectivity index is 2.14. The molecule has 0 amide bonds. The highest BCUT2D eigenvalue weighted by Crippen LogP contribution is 2.26. The molecule has 1 atom stereocenters. The molecule has 0 aliphatic carbocycles. The second-order valence-corrected chi connectivity index (χ2v) is 4.27. The summed E-state index contributed by atoms with van der Waals surface area (Å²) in [5.41, 5.74) is 8.07. The van der Waals surface area contributed by atoms with Crippen molar-refractivity contribution in [2.45, 2.75) is 18.8 Å². The first-order valence-corrected chi connectivity index (χ1v) is 5.29. The fourth-order valence-corrected chi connectivity index (χ4v) is 2.25. The van der Waals surface area contributed by atoms with E-state index in [1.807, 2.05) is 6.07 Å². The lowest BCUT2D eigenvalue weighted by Gasteiger charge is -2.30. The number of nitrogen functional groups attached to an aromatic ring is 1. The van der Waals surface area contributed by atoms with E-state index in [1.54, 1.807) is 0 Å². The zero-order valence-electron chi connectivity index (χ0n) is 8.74. The largest absolute Gasteiger partial charge is 0.399 e. The molecule has 2 heteroatoms. The van der Waals surface area contributed by atoms with E-state index < -0.39 is 0 Å². The van der Waals surface area contributed by atoms with Gasteiger partial charge in [0.25, 0.3) is 0 Å². The van der Waals surface area contributed by atoms with Crippen LogP contribution in [0.2, 0.25) is 0 Å². The van der Waals surface area contributed by atoms with Crippen LogP contribution in [0.4, 0.5) is 5.69 Å². The van der Waals surface area contributed by atoms with Crippen molar-refractivity contribution < 1.29 is 0 Å². The number of likely N-dealkylation sites (tertiary alicyclic amines) is 1. The van der Waals surface area contributed by atoms with Crippen LogP contribution in [0.15, 0.2) is 24.3 Å². The van der Waals surface area contributed by atoms with Crippen LogP contribution in [0.3, 0.4) is 0 Å². The summed E-state index contributed by atoms with van der Waals surface area (Å²) in [5, 5.41) is 0. The SMILES string of the molecule is CN1CCCC(c2cccc(N)c2)C1. The maximum Gasteiger partial charge on any atom is 0.0316 e. The standard InChI is InChI=1S/C12H18N2/c1-14-7-3-5-11(9-14)10-4-2-6-12(13)8-10/h2,4,6,8,11H,3,5,7,9,13H2,1H3. The Labute approximate surface area is 85.7 Å². The summed E-state index contributed by atoms with van der Waals surface area (Å²) in [7, 11) is 2.19. The van der Waals surface area contributed by atoms with Crippen molar-refractivity contribution in [2.24, 2.45) is 0 Å². The van der Waals surface area contributed by atoms with E-state index in [0.717, 1.165) is 5.69 Å². The van der Waals surface area contributed by atoms with Crippen LogP contribution in [0.25, 0.3) is 0 Å². The van der Waals surface area contributed by atoms with Crippen LogP contribution in [0, 0.1) is 0 Å². The van der Waals surface area contributed by atoms with Crippen LogP contribution in [0.1, 0.15) is 24.3 Å². The van der Waals surface area contributed by atoms with Crippen LogP contribution >= 0.6 is 0 Å². The van der Waals surface area contributed by atoms with Gasteiger partial charge in [0.2, 0.25) is 0 Å². The smallest absolute Gasteiger partial charge is 0.0316 e. The molecule has 2 rings (SSSR count). The third kappa shape index (κ3) is 2.07. The molecule has 0 saturated carbocycles. The van der Waals surface area contributed by atoms with Gasteiger partial charge in [-0.05, 0) is 50.0 Å². The van der Waals surface area contributed by atoms with E-state index in [0.29, 0.717) is 5.92 Å². The van der Waals surface area contributed by atoms with Gasteiger partial charge in [0.1, 0.15) is 0 Å². The van der Waals surface area contributed by atoms with Gasteiger partial charge in [-0.15, -0.1) is 0 Å². The molecule has 1 saturated heterocycles. The van der Waals surface area contributed by atoms with E-state index in [4.69, 9.17) is 5.73 Å².